The molecule has 0 radical (unpaired) electrons. The lowest BCUT2D eigenvalue weighted by atomic mass is 9.84. The molecule has 3 aliphatic rings. The highest BCUT2D eigenvalue weighted by molar-refractivity contribution is 7.59. The molecule has 12 heteroatoms. The number of unbranched alkanes of at least 4 members (excludes halogenated alkanes) is 1. The van der Waals surface area contributed by atoms with E-state index in [4.69, 9.17) is 4.43 Å². The third-order valence-electron chi connectivity index (χ3n) is 12.6. The number of hydrogen-bond donors (Lipinski definition) is 3. The first-order valence-electron chi connectivity index (χ1n) is 22.1. The first-order valence-corrected chi connectivity index (χ1v) is 24.0. The minimum Gasteiger partial charge on any atom is -0.397 e. The van der Waals surface area contributed by atoms with Crippen molar-refractivity contribution in [2.24, 2.45) is 5.92 Å². The third-order valence-corrected chi connectivity index (χ3v) is 17.7. The van der Waals surface area contributed by atoms with Gasteiger partial charge in [-0.1, -0.05) is 150 Å². The second kappa shape index (κ2) is 22.0. The van der Waals surface area contributed by atoms with E-state index in [0.717, 1.165) is 48.0 Å². The Morgan fingerprint density at radius 3 is 1.92 bits per heavy atom. The number of nitrogens with zero attached hydrogens (tertiary/aromatic N) is 1. The summed E-state index contributed by atoms with van der Waals surface area (Å²) >= 11 is 0. The Balaban J connectivity index is 0.00000704. The van der Waals surface area contributed by atoms with Crippen LogP contribution in [-0.4, -0.2) is 79.4 Å². The molecule has 6 rings (SSSR count). The van der Waals surface area contributed by atoms with Crippen molar-refractivity contribution >= 4 is 61.6 Å². The van der Waals surface area contributed by atoms with Gasteiger partial charge in [-0.05, 0) is 78.4 Å². The van der Waals surface area contributed by atoms with Gasteiger partial charge in [0.2, 0.25) is 23.6 Å². The van der Waals surface area contributed by atoms with Crippen LogP contribution in [-0.2, 0) is 34.8 Å². The lowest BCUT2D eigenvalue weighted by Gasteiger charge is -2.44. The molecule has 1 aliphatic carbocycles. The van der Waals surface area contributed by atoms with Gasteiger partial charge in [-0.15, -0.1) is 0 Å². The number of carbonyl (C=O) groups is 5. The molecule has 3 fully saturated rings. The van der Waals surface area contributed by atoms with Crippen molar-refractivity contribution < 1.29 is 28.4 Å². The average Bonchev–Trinajstić information content (AvgIpc) is 3.75. The van der Waals surface area contributed by atoms with Crippen LogP contribution in [0.3, 0.4) is 0 Å². The monoisotopic (exact) mass is 866 g/mol. The fourth-order valence-electron chi connectivity index (χ4n) is 9.41. The molecule has 2 aliphatic heterocycles. The van der Waals surface area contributed by atoms with Crippen molar-refractivity contribution in [1.82, 2.24) is 20.9 Å². The maximum absolute atomic E-state index is 14.2. The van der Waals surface area contributed by atoms with Gasteiger partial charge in [-0.25, -0.2) is 0 Å². The van der Waals surface area contributed by atoms with Gasteiger partial charge in [0.25, 0.3) is 8.32 Å². The summed E-state index contributed by atoms with van der Waals surface area (Å²) in [6.07, 6.45) is 11.1. The molecule has 5 atom stereocenters. The molecule has 3 aromatic carbocycles. The molecule has 2 heterocycles. The van der Waals surface area contributed by atoms with Crippen LogP contribution in [0, 0.1) is 5.92 Å². The normalized spacial score (nSPS) is 22.5. The van der Waals surface area contributed by atoms with Gasteiger partial charge in [-0.3, -0.25) is 24.0 Å². The van der Waals surface area contributed by atoms with E-state index in [1.807, 2.05) is 79.7 Å². The number of fused-ring (bicyclic) bond motifs is 1. The van der Waals surface area contributed by atoms with Crippen LogP contribution >= 0.6 is 13.5 Å². The van der Waals surface area contributed by atoms with Crippen molar-refractivity contribution in [2.75, 3.05) is 6.54 Å². The van der Waals surface area contributed by atoms with Gasteiger partial charge < -0.3 is 25.3 Å². The number of nitrogens with one attached hydrogen (secondary N) is 3. The Kier molecular flexibility index (Phi) is 17.2. The highest BCUT2D eigenvalue weighted by atomic mass is 32.1. The number of benzene rings is 3. The first-order chi connectivity index (χ1) is 28.9. The van der Waals surface area contributed by atoms with Gasteiger partial charge in [0.05, 0.1) is 0 Å². The Hall–Kier alpha value is -4.52. The topological polar surface area (TPSA) is 134 Å². The van der Waals surface area contributed by atoms with Gasteiger partial charge in [0, 0.05) is 13.0 Å². The molecule has 3 aromatic rings. The summed E-state index contributed by atoms with van der Waals surface area (Å²) in [5.41, 5.74) is 0.897. The van der Waals surface area contributed by atoms with Crippen LogP contribution in [0.25, 0.3) is 0 Å². The Labute approximate surface area is 370 Å². The van der Waals surface area contributed by atoms with E-state index in [2.05, 4.69) is 61.0 Å². The molecule has 2 saturated heterocycles. The van der Waals surface area contributed by atoms with Gasteiger partial charge in [0.1, 0.15) is 30.3 Å². The van der Waals surface area contributed by atoms with E-state index in [1.165, 1.54) is 0 Å². The highest BCUT2D eigenvalue weighted by Crippen LogP contribution is 2.37. The standard InChI is InChI=1S/C49H64N4O6Si.H2S/c1-35(59-60(49(2,3)4,38-25-14-7-15-26-38)39-27-16-8-17-28-39)44(54)31-19-9-18-29-40-45(55)51-41(33-36-21-10-5-11-22-36)46(56)52-42(34-37-23-12-6-13-24-37)48(58)53-32-20-30-43(53)47(57)50-40;/h6-8,12-17,19,23-28,31,35-36,40-43H,5,9-11,18,20-22,29-30,32-34H2,1-4H3,(H,50,57)(H,51,55)(H,52,56);1H2/b31-19+;/t35-,40-,41+,42-,43+;/m0./s1. The van der Waals surface area contributed by atoms with Gasteiger partial charge in [0.15, 0.2) is 5.78 Å². The van der Waals surface area contributed by atoms with Crippen LogP contribution in [0.4, 0.5) is 0 Å². The molecule has 0 spiro atoms. The molecule has 4 amide bonds. The zero-order valence-electron chi connectivity index (χ0n) is 36.4. The summed E-state index contributed by atoms with van der Waals surface area (Å²) in [6.45, 7) is 8.76. The van der Waals surface area contributed by atoms with E-state index >= 15 is 0 Å². The van der Waals surface area contributed by atoms with E-state index in [0.29, 0.717) is 45.1 Å². The second-order valence-electron chi connectivity index (χ2n) is 18.0. The summed E-state index contributed by atoms with van der Waals surface area (Å²) in [4.78, 5) is 71.7. The molecule has 61 heavy (non-hydrogen) atoms. The lowest BCUT2D eigenvalue weighted by molar-refractivity contribution is -0.143. The zero-order valence-corrected chi connectivity index (χ0v) is 38.4. The second-order valence-corrected chi connectivity index (χ2v) is 22.2. The Morgan fingerprint density at radius 1 is 0.754 bits per heavy atom. The van der Waals surface area contributed by atoms with Gasteiger partial charge in [-0.2, -0.15) is 13.5 Å². The molecule has 1 saturated carbocycles. The summed E-state index contributed by atoms with van der Waals surface area (Å²) in [5.74, 6) is -1.31. The van der Waals surface area contributed by atoms with Gasteiger partial charge >= 0.3 is 0 Å². The van der Waals surface area contributed by atoms with E-state index in [-0.39, 0.29) is 54.4 Å². The number of allylic oxidation sites excluding steroid dienone is 1. The fraction of sp³-hybridized carbons (Fsp3) is 0.490. The van der Waals surface area contributed by atoms with Crippen LogP contribution in [0.2, 0.25) is 5.04 Å². The SMILES string of the molecule is C[C@H](O[Si](c1ccccc1)(c1ccccc1)C(C)(C)C)C(=O)/C=C/CCC[C@@H]1NC(=O)[C@H]2CCCN2C(=O)[C@H](Cc2ccccc2)NC(=O)[C@@H](CC2CCCCC2)NC1=O.S. The predicted octanol–water partition coefficient (Wildman–Crippen LogP) is 6.03. The van der Waals surface area contributed by atoms with E-state index < -0.39 is 44.5 Å². The molecule has 0 bridgehead atoms. The smallest absolute Gasteiger partial charge is 0.262 e. The number of ketones is 1. The summed E-state index contributed by atoms with van der Waals surface area (Å²) in [6, 6.07) is 26.6. The molecular weight excluding hydrogens is 801 g/mol. The number of rotatable bonds is 14. The predicted molar refractivity (Wildman–Crippen MR) is 248 cm³/mol. The zero-order chi connectivity index (χ0) is 42.7. The van der Waals surface area contributed by atoms with Crippen molar-refractivity contribution in [2.45, 2.75) is 140 Å². The summed E-state index contributed by atoms with van der Waals surface area (Å²) in [7, 11) is -2.94. The molecule has 0 unspecified atom stereocenters. The van der Waals surface area contributed by atoms with Crippen molar-refractivity contribution in [3.8, 4) is 0 Å². The van der Waals surface area contributed by atoms with Crippen LogP contribution in [0.5, 0.6) is 0 Å². The highest BCUT2D eigenvalue weighted by Gasteiger charge is 2.51. The average molecular weight is 867 g/mol. The van der Waals surface area contributed by atoms with E-state index in [9.17, 15) is 24.0 Å². The lowest BCUT2D eigenvalue weighted by Crippen LogP contribution is -2.68. The van der Waals surface area contributed by atoms with Crippen LogP contribution in [0.15, 0.2) is 103 Å². The molecule has 328 valence electrons. The van der Waals surface area contributed by atoms with Crippen molar-refractivity contribution in [3.05, 3.63) is 109 Å². The quantitative estimate of drug-likeness (QED) is 0.103. The minimum absolute atomic E-state index is 0. The summed E-state index contributed by atoms with van der Waals surface area (Å²) in [5, 5.41) is 10.9. The molecule has 10 nitrogen and oxygen atoms in total. The summed E-state index contributed by atoms with van der Waals surface area (Å²) < 4.78 is 7.01. The third kappa shape index (κ3) is 11.9. The maximum Gasteiger partial charge on any atom is 0.262 e. The maximum atomic E-state index is 14.2. The Morgan fingerprint density at radius 2 is 1.31 bits per heavy atom. The van der Waals surface area contributed by atoms with Crippen LogP contribution < -0.4 is 26.3 Å². The molecule has 0 aromatic heterocycles. The number of hydrogen-bond acceptors (Lipinski definition) is 6. The molecular formula is C49H66N4O6SSi. The minimum atomic E-state index is -2.94. The first kappa shape index (κ1) is 47.5. The van der Waals surface area contributed by atoms with Crippen molar-refractivity contribution in [3.63, 3.8) is 0 Å². The Bertz CT molecular complexity index is 1910. The fourth-order valence-corrected chi connectivity index (χ4v) is 14.1. The van der Waals surface area contributed by atoms with E-state index in [1.54, 1.807) is 11.0 Å². The number of amides is 4. The van der Waals surface area contributed by atoms with Crippen LogP contribution in [0.1, 0.15) is 104 Å². The largest absolute Gasteiger partial charge is 0.397 e. The number of carbonyl (C=O) groups excluding carboxylic acids is 5. The van der Waals surface area contributed by atoms with Crippen molar-refractivity contribution in [1.29, 1.82) is 0 Å². The molecule has 3 N–H and O–H groups in total.